The third-order valence-corrected chi connectivity index (χ3v) is 7.03. The number of hydrogen-bond donors (Lipinski definition) is 0. The fourth-order valence-electron chi connectivity index (χ4n) is 3.76. The maximum Gasteiger partial charge on any atom is 0.210 e. The molecular formula is C22H24N2O2S. The van der Waals surface area contributed by atoms with Crippen molar-refractivity contribution in [3.8, 4) is 0 Å². The van der Waals surface area contributed by atoms with Crippen molar-refractivity contribution in [3.05, 3.63) is 59.8 Å². The van der Waals surface area contributed by atoms with E-state index in [9.17, 15) is 8.42 Å². The Kier molecular flexibility index (Phi) is 4.64. The molecule has 1 aliphatic rings. The zero-order valence-corrected chi connectivity index (χ0v) is 16.6. The molecular weight excluding hydrogens is 356 g/mol. The average molecular weight is 381 g/mol. The van der Waals surface area contributed by atoms with Crippen LogP contribution in [0.25, 0.3) is 10.9 Å². The number of rotatable bonds is 3. The number of aryl methyl sites for hydroxylation is 2. The number of fused-ring (bicyclic) bond motifs is 1. The molecule has 140 valence electrons. The van der Waals surface area contributed by atoms with Crippen molar-refractivity contribution in [1.82, 2.24) is 4.98 Å². The Bertz CT molecular complexity index is 1080. The minimum Gasteiger partial charge on any atom is -0.370 e. The molecule has 2 aromatic carbocycles. The molecule has 4 nitrogen and oxygen atoms in total. The van der Waals surface area contributed by atoms with Gasteiger partial charge in [-0.25, -0.2) is 8.42 Å². The minimum absolute atomic E-state index is 0.311. The van der Waals surface area contributed by atoms with Gasteiger partial charge in [0.15, 0.2) is 0 Å². The third kappa shape index (κ3) is 3.32. The van der Waals surface area contributed by atoms with E-state index in [0.29, 0.717) is 9.79 Å². The number of pyridine rings is 1. The van der Waals surface area contributed by atoms with Crippen molar-refractivity contribution in [2.45, 2.75) is 42.9 Å². The van der Waals surface area contributed by atoms with Gasteiger partial charge in [-0.3, -0.25) is 4.98 Å². The maximum atomic E-state index is 13.5. The summed E-state index contributed by atoms with van der Waals surface area (Å²) in [7, 11) is -3.64. The summed E-state index contributed by atoms with van der Waals surface area (Å²) in [5.41, 5.74) is 3.79. The number of anilines is 1. The molecule has 1 aromatic heterocycles. The number of hydrogen-bond acceptors (Lipinski definition) is 4. The Morgan fingerprint density at radius 2 is 1.56 bits per heavy atom. The first kappa shape index (κ1) is 18.0. The van der Waals surface area contributed by atoms with Crippen molar-refractivity contribution in [1.29, 1.82) is 0 Å². The number of benzene rings is 2. The van der Waals surface area contributed by atoms with Gasteiger partial charge in [-0.15, -0.1) is 0 Å². The lowest BCUT2D eigenvalue weighted by atomic mass is 10.1. The van der Waals surface area contributed by atoms with Gasteiger partial charge < -0.3 is 4.90 Å². The van der Waals surface area contributed by atoms with Crippen LogP contribution in [0.3, 0.4) is 0 Å². The summed E-state index contributed by atoms with van der Waals surface area (Å²) in [4.78, 5) is 7.34. The highest BCUT2D eigenvalue weighted by Crippen LogP contribution is 2.37. The van der Waals surface area contributed by atoms with Crippen LogP contribution >= 0.6 is 0 Å². The summed E-state index contributed by atoms with van der Waals surface area (Å²) in [6, 6.07) is 13.1. The van der Waals surface area contributed by atoms with Crippen LogP contribution in [0.15, 0.2) is 58.5 Å². The Morgan fingerprint density at radius 1 is 0.889 bits per heavy atom. The molecule has 0 N–H and O–H groups in total. The summed E-state index contributed by atoms with van der Waals surface area (Å²) >= 11 is 0. The molecule has 1 saturated heterocycles. The van der Waals surface area contributed by atoms with Crippen LogP contribution in [0.5, 0.6) is 0 Å². The fraction of sp³-hybridized carbons (Fsp3) is 0.318. The van der Waals surface area contributed by atoms with Gasteiger partial charge in [-0.05, 0) is 57.4 Å². The molecule has 1 aliphatic heterocycles. The van der Waals surface area contributed by atoms with E-state index in [2.05, 4.69) is 16.0 Å². The summed E-state index contributed by atoms with van der Waals surface area (Å²) in [5.74, 6) is 0. The monoisotopic (exact) mass is 380 g/mol. The molecule has 1 fully saturated rings. The Balaban J connectivity index is 1.98. The number of nitrogens with zero attached hydrogens (tertiary/aromatic N) is 2. The molecule has 0 amide bonds. The summed E-state index contributed by atoms with van der Waals surface area (Å²) in [6.07, 6.45) is 4.90. The largest absolute Gasteiger partial charge is 0.370 e. The van der Waals surface area contributed by atoms with Gasteiger partial charge in [0.1, 0.15) is 4.90 Å². The smallest absolute Gasteiger partial charge is 0.210 e. The first-order valence-electron chi connectivity index (χ1n) is 9.43. The van der Waals surface area contributed by atoms with Crippen LogP contribution < -0.4 is 4.90 Å². The first-order valence-corrected chi connectivity index (χ1v) is 10.9. The highest BCUT2D eigenvalue weighted by Gasteiger charge is 2.27. The van der Waals surface area contributed by atoms with Crippen molar-refractivity contribution in [3.63, 3.8) is 0 Å². The standard InChI is InChI=1S/C22H24N2O2S/c1-16-6-9-18(10-7-16)27(25,26)21-15-23-20-11-8-17(2)14-19(20)22(21)24-12-4-3-5-13-24/h6-11,14-15H,3-5,12-13H2,1-2H3. The van der Waals surface area contributed by atoms with E-state index in [1.165, 1.54) is 12.6 Å². The first-order chi connectivity index (χ1) is 13.0. The van der Waals surface area contributed by atoms with Crippen LogP contribution in [-0.4, -0.2) is 26.5 Å². The zero-order chi connectivity index (χ0) is 19.0. The Hall–Kier alpha value is -2.40. The zero-order valence-electron chi connectivity index (χ0n) is 15.8. The van der Waals surface area contributed by atoms with E-state index in [0.717, 1.165) is 53.6 Å². The van der Waals surface area contributed by atoms with E-state index in [-0.39, 0.29) is 0 Å². The maximum absolute atomic E-state index is 13.5. The van der Waals surface area contributed by atoms with Crippen LogP contribution in [0.2, 0.25) is 0 Å². The molecule has 0 atom stereocenters. The summed E-state index contributed by atoms with van der Waals surface area (Å²) in [5, 5.41) is 0.921. The van der Waals surface area contributed by atoms with Crippen molar-refractivity contribution in [2.24, 2.45) is 0 Å². The lowest BCUT2D eigenvalue weighted by Crippen LogP contribution is -2.31. The Morgan fingerprint density at radius 3 is 2.26 bits per heavy atom. The minimum atomic E-state index is -3.64. The molecule has 0 spiro atoms. The van der Waals surface area contributed by atoms with E-state index in [4.69, 9.17) is 0 Å². The number of sulfone groups is 1. The van der Waals surface area contributed by atoms with Gasteiger partial charge in [0, 0.05) is 24.7 Å². The molecule has 4 rings (SSSR count). The van der Waals surface area contributed by atoms with Gasteiger partial charge in [-0.2, -0.15) is 0 Å². The lowest BCUT2D eigenvalue weighted by Gasteiger charge is -2.31. The van der Waals surface area contributed by atoms with E-state index >= 15 is 0 Å². The van der Waals surface area contributed by atoms with Gasteiger partial charge >= 0.3 is 0 Å². The van der Waals surface area contributed by atoms with Crippen molar-refractivity contribution < 1.29 is 8.42 Å². The quantitative estimate of drug-likeness (QED) is 0.662. The molecule has 0 bridgehead atoms. The van der Waals surface area contributed by atoms with Crippen LogP contribution in [0, 0.1) is 13.8 Å². The Labute approximate surface area is 160 Å². The highest BCUT2D eigenvalue weighted by atomic mass is 32.2. The summed E-state index contributed by atoms with van der Waals surface area (Å²) < 4.78 is 26.9. The molecule has 0 radical (unpaired) electrons. The average Bonchev–Trinajstić information content (AvgIpc) is 2.68. The van der Waals surface area contributed by atoms with E-state index in [1.807, 2.05) is 38.1 Å². The van der Waals surface area contributed by atoms with Crippen LogP contribution in [0.1, 0.15) is 30.4 Å². The molecule has 0 saturated carbocycles. The lowest BCUT2D eigenvalue weighted by molar-refractivity contribution is 0.571. The predicted molar refractivity (Wildman–Crippen MR) is 109 cm³/mol. The van der Waals surface area contributed by atoms with Gasteiger partial charge in [-0.1, -0.05) is 29.3 Å². The highest BCUT2D eigenvalue weighted by molar-refractivity contribution is 7.91. The van der Waals surface area contributed by atoms with Crippen molar-refractivity contribution in [2.75, 3.05) is 18.0 Å². The topological polar surface area (TPSA) is 50.3 Å². The van der Waals surface area contributed by atoms with Crippen LogP contribution in [0.4, 0.5) is 5.69 Å². The molecule has 0 unspecified atom stereocenters. The fourth-order valence-corrected chi connectivity index (χ4v) is 5.19. The van der Waals surface area contributed by atoms with Crippen molar-refractivity contribution >= 4 is 26.4 Å². The van der Waals surface area contributed by atoms with Gasteiger partial charge in [0.25, 0.3) is 0 Å². The second-order valence-electron chi connectivity index (χ2n) is 7.36. The van der Waals surface area contributed by atoms with E-state index in [1.54, 1.807) is 12.1 Å². The summed E-state index contributed by atoms with van der Waals surface area (Å²) in [6.45, 7) is 5.74. The van der Waals surface area contributed by atoms with Gasteiger partial charge in [0.05, 0.1) is 16.1 Å². The second kappa shape index (κ2) is 6.97. The molecule has 2 heterocycles. The van der Waals surface area contributed by atoms with E-state index < -0.39 is 9.84 Å². The second-order valence-corrected chi connectivity index (χ2v) is 9.27. The normalized spacial score (nSPS) is 15.3. The number of aromatic nitrogens is 1. The molecule has 27 heavy (non-hydrogen) atoms. The molecule has 0 aliphatic carbocycles. The predicted octanol–water partition coefficient (Wildman–Crippen LogP) is 4.67. The van der Waals surface area contributed by atoms with Crippen LogP contribution in [-0.2, 0) is 9.84 Å². The third-order valence-electron chi connectivity index (χ3n) is 5.25. The van der Waals surface area contributed by atoms with Gasteiger partial charge in [0.2, 0.25) is 9.84 Å². The molecule has 5 heteroatoms. The SMILES string of the molecule is Cc1ccc(S(=O)(=O)c2cnc3ccc(C)cc3c2N2CCCCC2)cc1. The number of piperidine rings is 1. The molecule has 3 aromatic rings.